The van der Waals surface area contributed by atoms with Gasteiger partial charge >= 0.3 is 19.1 Å². The highest BCUT2D eigenvalue weighted by Crippen LogP contribution is 2.52. The maximum absolute atomic E-state index is 12.2. The van der Waals surface area contributed by atoms with E-state index in [-0.39, 0.29) is 26.8 Å². The summed E-state index contributed by atoms with van der Waals surface area (Å²) in [4.78, 5) is 23.2. The van der Waals surface area contributed by atoms with E-state index >= 15 is 0 Å². The molecule has 0 amide bonds. The zero-order valence-electron chi connectivity index (χ0n) is 31.1. The molecule has 0 spiro atoms. The van der Waals surface area contributed by atoms with Gasteiger partial charge in [-0.05, 0) is 124 Å². The fraction of sp³-hybridized carbons (Fsp3) is 0.0800. The van der Waals surface area contributed by atoms with Crippen LogP contribution >= 0.6 is 39.1 Å². The number of fused-ring (bicyclic) bond motifs is 6. The van der Waals surface area contributed by atoms with Gasteiger partial charge in [0.25, 0.3) is 0 Å². The van der Waals surface area contributed by atoms with E-state index in [1.807, 2.05) is 48.5 Å². The van der Waals surface area contributed by atoms with Gasteiger partial charge in [0.15, 0.2) is 0 Å². The molecule has 0 atom stereocenters. The first-order valence-electron chi connectivity index (χ1n) is 18.2. The normalized spacial score (nSPS) is 10.8. The minimum Gasteiger partial charge on any atom is -0.465 e. The van der Waals surface area contributed by atoms with E-state index in [1.165, 1.54) is 41.3 Å². The minimum absolute atomic E-state index is 0. The number of ether oxygens (including phenoxy) is 2. The van der Waals surface area contributed by atoms with Gasteiger partial charge in [-0.25, -0.2) is 9.59 Å². The summed E-state index contributed by atoms with van der Waals surface area (Å²) in [6.07, 6.45) is 0. The SMILES string of the molecule is C.C.COC(=O)c1ccccc1-c1cc(Cl)c2c(c1)-c1cccc3cccc-2c13.COC(=O)c1ccccc1Br.OB(O)c1cc(Cl)c2c(c1)-c1cccc3cccc-2c13. The Morgan fingerprint density at radius 2 is 0.950 bits per heavy atom. The number of carbonyl (C=O) groups excluding carboxylic acids is 2. The number of hydrogen-bond acceptors (Lipinski definition) is 6. The molecule has 10 heteroatoms. The summed E-state index contributed by atoms with van der Waals surface area (Å²) in [6, 6.07) is 47.0. The molecule has 2 aliphatic carbocycles. The summed E-state index contributed by atoms with van der Waals surface area (Å²) in [5.41, 5.74) is 11.9. The maximum atomic E-state index is 12.2. The molecular weight excluding hydrogens is 858 g/mol. The predicted molar refractivity (Wildman–Crippen MR) is 252 cm³/mol. The first-order valence-corrected chi connectivity index (χ1v) is 19.7. The zero-order chi connectivity index (χ0) is 40.7. The number of benzene rings is 8. The van der Waals surface area contributed by atoms with Gasteiger partial charge in [-0.3, -0.25) is 0 Å². The van der Waals surface area contributed by atoms with Gasteiger partial charge in [-0.1, -0.05) is 147 Å². The van der Waals surface area contributed by atoms with Crippen molar-refractivity contribution in [2.45, 2.75) is 14.9 Å². The lowest BCUT2D eigenvalue weighted by Crippen LogP contribution is -2.29. The first-order chi connectivity index (χ1) is 28.1. The average molecular weight is 898 g/mol. The maximum Gasteiger partial charge on any atom is 0.488 e. The van der Waals surface area contributed by atoms with Crippen LogP contribution in [0.2, 0.25) is 10.0 Å². The lowest BCUT2D eigenvalue weighted by molar-refractivity contribution is 0.0591. The van der Waals surface area contributed by atoms with E-state index in [9.17, 15) is 19.6 Å². The van der Waals surface area contributed by atoms with Gasteiger partial charge in [-0.2, -0.15) is 0 Å². The summed E-state index contributed by atoms with van der Waals surface area (Å²) in [5.74, 6) is -0.676. The number of esters is 2. The molecule has 8 aromatic carbocycles. The smallest absolute Gasteiger partial charge is 0.465 e. The Bertz CT molecular complexity index is 2940. The van der Waals surface area contributed by atoms with Gasteiger partial charge in [-0.15, -0.1) is 0 Å². The van der Waals surface area contributed by atoms with Crippen molar-refractivity contribution in [3.8, 4) is 55.6 Å². The topological polar surface area (TPSA) is 93.1 Å². The molecule has 0 heterocycles. The van der Waals surface area contributed by atoms with Gasteiger partial charge < -0.3 is 19.5 Å². The van der Waals surface area contributed by atoms with Gasteiger partial charge in [0.1, 0.15) is 0 Å². The second kappa shape index (κ2) is 18.3. The van der Waals surface area contributed by atoms with Crippen LogP contribution in [0.4, 0.5) is 0 Å². The molecule has 0 aliphatic heterocycles. The molecule has 0 saturated heterocycles. The van der Waals surface area contributed by atoms with Crippen LogP contribution < -0.4 is 5.46 Å². The summed E-state index contributed by atoms with van der Waals surface area (Å²) >= 11 is 16.4. The number of rotatable bonds is 4. The third-order valence-electron chi connectivity index (χ3n) is 10.4. The predicted octanol–water partition coefficient (Wildman–Crippen LogP) is 12.9. The van der Waals surface area contributed by atoms with E-state index in [2.05, 4.69) is 81.3 Å². The standard InChI is InChI=1S/C24H15ClO2.C16H10BClO2.C8H7BrO2.2CH4/c1-27-24(26)18-9-3-2-8-16(18)15-12-20-17-10-4-6-14-7-5-11-19(22(14)17)23(20)21(25)13-15;18-14-8-10(17(19)20)7-13-11-5-1-3-9-4-2-6-12(15(9)11)16(13)14;1-11-8(10)6-4-2-3-5-7(6)9;;/h2-13H,1H3;1-8,19-20H;2-5H,1H3;2*1H4. The third-order valence-corrected chi connectivity index (χ3v) is 11.6. The molecule has 0 aromatic heterocycles. The van der Waals surface area contributed by atoms with Crippen molar-refractivity contribution in [1.82, 2.24) is 0 Å². The Balaban J connectivity index is 0.000000161. The minimum atomic E-state index is -1.51. The van der Waals surface area contributed by atoms with Crippen molar-refractivity contribution in [3.63, 3.8) is 0 Å². The van der Waals surface area contributed by atoms with Crippen molar-refractivity contribution >= 4 is 85.2 Å². The Morgan fingerprint density at radius 1 is 0.517 bits per heavy atom. The van der Waals surface area contributed by atoms with E-state index in [0.29, 0.717) is 26.6 Å². The average Bonchev–Trinajstić information content (AvgIpc) is 3.76. The van der Waals surface area contributed by atoms with E-state index in [4.69, 9.17) is 27.9 Å². The molecule has 0 unspecified atom stereocenters. The van der Waals surface area contributed by atoms with Crippen molar-refractivity contribution in [2.75, 3.05) is 14.2 Å². The molecule has 10 rings (SSSR count). The largest absolute Gasteiger partial charge is 0.488 e. The molecule has 2 N–H and O–H groups in total. The Hall–Kier alpha value is -5.74. The van der Waals surface area contributed by atoms with Crippen LogP contribution in [0, 0.1) is 0 Å². The second-order valence-corrected chi connectivity index (χ2v) is 15.3. The highest BCUT2D eigenvalue weighted by atomic mass is 79.9. The molecule has 0 radical (unpaired) electrons. The van der Waals surface area contributed by atoms with Gasteiger partial charge in [0.05, 0.1) is 25.3 Å². The fourth-order valence-corrected chi connectivity index (χ4v) is 8.92. The molecule has 0 fully saturated rings. The lowest BCUT2D eigenvalue weighted by atomic mass is 9.78. The Kier molecular flexibility index (Phi) is 13.3. The van der Waals surface area contributed by atoms with Crippen LogP contribution in [0.25, 0.3) is 77.2 Å². The zero-order valence-corrected chi connectivity index (χ0v) is 34.2. The van der Waals surface area contributed by atoms with E-state index in [1.54, 1.807) is 36.4 Å². The van der Waals surface area contributed by atoms with Crippen LogP contribution in [-0.2, 0) is 9.47 Å². The molecule has 0 bridgehead atoms. The molecule has 60 heavy (non-hydrogen) atoms. The summed E-state index contributed by atoms with van der Waals surface area (Å²) in [6.45, 7) is 0. The van der Waals surface area contributed by atoms with Crippen molar-refractivity contribution in [3.05, 3.63) is 171 Å². The van der Waals surface area contributed by atoms with Gasteiger partial charge in [0, 0.05) is 25.6 Å². The first kappa shape index (κ1) is 43.8. The lowest BCUT2D eigenvalue weighted by Gasteiger charge is -2.12. The van der Waals surface area contributed by atoms with E-state index in [0.717, 1.165) is 54.5 Å². The molecule has 0 saturated carbocycles. The van der Waals surface area contributed by atoms with Crippen LogP contribution in [0.15, 0.2) is 150 Å². The van der Waals surface area contributed by atoms with Crippen molar-refractivity contribution in [1.29, 1.82) is 0 Å². The third kappa shape index (κ3) is 7.85. The summed E-state index contributed by atoms with van der Waals surface area (Å²) in [5, 5.41) is 24.8. The molecular formula is C50H40BBrCl2O6. The van der Waals surface area contributed by atoms with Crippen LogP contribution in [0.3, 0.4) is 0 Å². The molecule has 6 nitrogen and oxygen atoms in total. The van der Waals surface area contributed by atoms with Crippen LogP contribution in [-0.4, -0.2) is 43.3 Å². The Labute approximate surface area is 368 Å². The summed E-state index contributed by atoms with van der Waals surface area (Å²) in [7, 11) is 1.24. The number of halogens is 3. The molecule has 2 aliphatic rings. The van der Waals surface area contributed by atoms with Gasteiger partial charge in [0.2, 0.25) is 0 Å². The monoisotopic (exact) mass is 896 g/mol. The molecule has 300 valence electrons. The van der Waals surface area contributed by atoms with E-state index < -0.39 is 7.12 Å². The second-order valence-electron chi connectivity index (χ2n) is 13.6. The quantitative estimate of drug-likeness (QED) is 0.135. The summed E-state index contributed by atoms with van der Waals surface area (Å²) < 4.78 is 10.3. The highest BCUT2D eigenvalue weighted by Gasteiger charge is 2.27. The fourth-order valence-electron chi connectivity index (χ4n) is 7.82. The van der Waals surface area contributed by atoms with Crippen LogP contribution in [0.5, 0.6) is 0 Å². The Morgan fingerprint density at radius 3 is 1.47 bits per heavy atom. The highest BCUT2D eigenvalue weighted by molar-refractivity contribution is 9.10. The number of hydrogen-bond donors (Lipinski definition) is 2. The number of carbonyl (C=O) groups is 2. The van der Waals surface area contributed by atoms with Crippen molar-refractivity contribution < 1.29 is 29.1 Å². The molecule has 8 aromatic rings. The van der Waals surface area contributed by atoms with Crippen LogP contribution in [0.1, 0.15) is 35.6 Å². The van der Waals surface area contributed by atoms with Crippen molar-refractivity contribution in [2.24, 2.45) is 0 Å². The number of methoxy groups -OCH3 is 2.